The molecule has 5 nitrogen and oxygen atoms in total. The second kappa shape index (κ2) is 6.07. The summed E-state index contributed by atoms with van der Waals surface area (Å²) in [4.78, 5) is 3.32. The number of H-pyrrole nitrogens is 1. The Morgan fingerprint density at radius 3 is 2.79 bits per heavy atom. The van der Waals surface area contributed by atoms with Crippen molar-refractivity contribution in [1.82, 2.24) is 15.0 Å². The first-order valence-corrected chi connectivity index (χ1v) is 8.36. The fourth-order valence-corrected chi connectivity index (χ4v) is 2.94. The Bertz CT molecular complexity index is 504. The van der Waals surface area contributed by atoms with Crippen LogP contribution in [0.25, 0.3) is 0 Å². The lowest BCUT2D eigenvalue weighted by Gasteiger charge is -2.05. The highest BCUT2D eigenvalue weighted by Crippen LogP contribution is 2.31. The molecule has 0 spiro atoms. The molecule has 6 heteroatoms. The quantitative estimate of drug-likeness (QED) is 0.679. The van der Waals surface area contributed by atoms with E-state index in [0.717, 1.165) is 18.0 Å². The van der Waals surface area contributed by atoms with E-state index in [1.54, 1.807) is 12.3 Å². The lowest BCUT2D eigenvalue weighted by Crippen LogP contribution is -2.24. The molecular formula is C13H23N3O2S. The van der Waals surface area contributed by atoms with Crippen molar-refractivity contribution in [3.8, 4) is 0 Å². The zero-order chi connectivity index (χ0) is 13.9. The zero-order valence-electron chi connectivity index (χ0n) is 11.6. The molecule has 1 fully saturated rings. The standard InChI is InChI=1S/C13H23N3O2S/c1-10(2)14-8-12-7-13(9-15-12)19(17,18)16-6-5-11-3-4-11/h7,9-11,14-16H,3-6,8H2,1-2H3. The van der Waals surface area contributed by atoms with Crippen LogP contribution in [-0.2, 0) is 16.6 Å². The van der Waals surface area contributed by atoms with Crippen molar-refractivity contribution < 1.29 is 8.42 Å². The Hall–Kier alpha value is -0.850. The van der Waals surface area contributed by atoms with Gasteiger partial charge in [0.15, 0.2) is 0 Å². The Morgan fingerprint density at radius 1 is 1.42 bits per heavy atom. The second-order valence-corrected chi connectivity index (χ2v) is 7.29. The van der Waals surface area contributed by atoms with Gasteiger partial charge in [-0.1, -0.05) is 26.7 Å². The Balaban J connectivity index is 1.87. The topological polar surface area (TPSA) is 74.0 Å². The molecule has 0 bridgehead atoms. The monoisotopic (exact) mass is 285 g/mol. The van der Waals surface area contributed by atoms with E-state index in [0.29, 0.717) is 24.0 Å². The molecule has 0 aromatic carbocycles. The van der Waals surface area contributed by atoms with Gasteiger partial charge in [0.05, 0.1) is 4.90 Å². The summed E-state index contributed by atoms with van der Waals surface area (Å²) in [5, 5.41) is 3.25. The van der Waals surface area contributed by atoms with Crippen LogP contribution in [0.1, 0.15) is 38.8 Å². The summed E-state index contributed by atoms with van der Waals surface area (Å²) in [6.07, 6.45) is 5.00. The van der Waals surface area contributed by atoms with Crippen LogP contribution in [0.4, 0.5) is 0 Å². The van der Waals surface area contributed by atoms with Gasteiger partial charge >= 0.3 is 0 Å². The number of rotatable bonds is 8. The van der Waals surface area contributed by atoms with Crippen molar-refractivity contribution >= 4 is 10.0 Å². The Morgan fingerprint density at radius 2 is 2.16 bits per heavy atom. The van der Waals surface area contributed by atoms with Crippen LogP contribution < -0.4 is 10.0 Å². The van der Waals surface area contributed by atoms with E-state index in [1.807, 2.05) is 0 Å². The van der Waals surface area contributed by atoms with Crippen LogP contribution in [-0.4, -0.2) is 26.0 Å². The number of aromatic amines is 1. The molecule has 1 aromatic heterocycles. The maximum Gasteiger partial charge on any atom is 0.242 e. The van der Waals surface area contributed by atoms with Gasteiger partial charge in [-0.2, -0.15) is 0 Å². The van der Waals surface area contributed by atoms with E-state index in [2.05, 4.69) is 28.9 Å². The predicted molar refractivity (Wildman–Crippen MR) is 75.3 cm³/mol. The molecule has 0 saturated heterocycles. The molecule has 1 aliphatic rings. The van der Waals surface area contributed by atoms with Crippen LogP contribution in [0.2, 0.25) is 0 Å². The average Bonchev–Trinajstić information content (AvgIpc) is 3.02. The van der Waals surface area contributed by atoms with E-state index >= 15 is 0 Å². The van der Waals surface area contributed by atoms with Crippen LogP contribution in [0.15, 0.2) is 17.2 Å². The summed E-state index contributed by atoms with van der Waals surface area (Å²) in [5.74, 6) is 0.736. The molecule has 0 amide bonds. The summed E-state index contributed by atoms with van der Waals surface area (Å²) in [6.45, 7) is 5.30. The molecule has 0 unspecified atom stereocenters. The van der Waals surface area contributed by atoms with Gasteiger partial charge in [-0.05, 0) is 18.4 Å². The van der Waals surface area contributed by atoms with Gasteiger partial charge < -0.3 is 10.3 Å². The molecule has 19 heavy (non-hydrogen) atoms. The van der Waals surface area contributed by atoms with E-state index in [9.17, 15) is 8.42 Å². The second-order valence-electron chi connectivity index (χ2n) is 5.53. The van der Waals surface area contributed by atoms with Crippen molar-refractivity contribution in [2.45, 2.75) is 50.6 Å². The van der Waals surface area contributed by atoms with Gasteiger partial charge in [0.25, 0.3) is 0 Å². The van der Waals surface area contributed by atoms with Crippen LogP contribution in [0.5, 0.6) is 0 Å². The molecule has 0 atom stereocenters. The van der Waals surface area contributed by atoms with Crippen LogP contribution in [0.3, 0.4) is 0 Å². The third kappa shape index (κ3) is 4.63. The Kier molecular flexibility index (Phi) is 4.65. The number of nitrogens with one attached hydrogen (secondary N) is 3. The highest BCUT2D eigenvalue weighted by atomic mass is 32.2. The van der Waals surface area contributed by atoms with E-state index in [4.69, 9.17) is 0 Å². The summed E-state index contributed by atoms with van der Waals surface area (Å²) in [5.41, 5.74) is 0.885. The SMILES string of the molecule is CC(C)NCc1cc(S(=O)(=O)NCCC2CC2)c[nH]1. The van der Waals surface area contributed by atoms with E-state index < -0.39 is 10.0 Å². The van der Waals surface area contributed by atoms with Crippen LogP contribution in [0, 0.1) is 5.92 Å². The van der Waals surface area contributed by atoms with E-state index in [1.165, 1.54) is 12.8 Å². The summed E-state index contributed by atoms with van der Waals surface area (Å²) >= 11 is 0. The summed E-state index contributed by atoms with van der Waals surface area (Å²) in [6, 6.07) is 2.06. The van der Waals surface area contributed by atoms with Gasteiger partial charge in [-0.25, -0.2) is 13.1 Å². The highest BCUT2D eigenvalue weighted by molar-refractivity contribution is 7.89. The first-order valence-electron chi connectivity index (χ1n) is 6.88. The van der Waals surface area contributed by atoms with Gasteiger partial charge in [-0.3, -0.25) is 0 Å². The van der Waals surface area contributed by atoms with Crippen molar-refractivity contribution in [3.05, 3.63) is 18.0 Å². The number of hydrogen-bond acceptors (Lipinski definition) is 3. The first kappa shape index (κ1) is 14.6. The van der Waals surface area contributed by atoms with Gasteiger partial charge in [0.2, 0.25) is 10.0 Å². The zero-order valence-corrected chi connectivity index (χ0v) is 12.4. The lowest BCUT2D eigenvalue weighted by atomic mass is 10.3. The van der Waals surface area contributed by atoms with E-state index in [-0.39, 0.29) is 0 Å². The van der Waals surface area contributed by atoms with Gasteiger partial charge in [-0.15, -0.1) is 0 Å². The molecule has 3 N–H and O–H groups in total. The minimum atomic E-state index is -3.35. The maximum atomic E-state index is 12.0. The summed E-state index contributed by atoms with van der Waals surface area (Å²) in [7, 11) is -3.35. The molecule has 108 valence electrons. The number of aromatic nitrogens is 1. The van der Waals surface area contributed by atoms with Crippen molar-refractivity contribution in [2.75, 3.05) is 6.54 Å². The summed E-state index contributed by atoms with van der Waals surface area (Å²) < 4.78 is 26.7. The fourth-order valence-electron chi connectivity index (χ4n) is 1.88. The minimum absolute atomic E-state index is 0.323. The Labute approximate surface area is 115 Å². The largest absolute Gasteiger partial charge is 0.363 e. The smallest absolute Gasteiger partial charge is 0.242 e. The molecule has 1 saturated carbocycles. The third-order valence-corrected chi connectivity index (χ3v) is 4.71. The molecule has 1 heterocycles. The molecule has 0 radical (unpaired) electrons. The number of hydrogen-bond donors (Lipinski definition) is 3. The number of sulfonamides is 1. The van der Waals surface area contributed by atoms with Crippen molar-refractivity contribution in [1.29, 1.82) is 0 Å². The van der Waals surface area contributed by atoms with Gasteiger partial charge in [0.1, 0.15) is 0 Å². The average molecular weight is 285 g/mol. The fraction of sp³-hybridized carbons (Fsp3) is 0.692. The minimum Gasteiger partial charge on any atom is -0.363 e. The maximum absolute atomic E-state index is 12.0. The molecular weight excluding hydrogens is 262 g/mol. The molecule has 1 aromatic rings. The third-order valence-electron chi connectivity index (χ3n) is 3.27. The molecule has 0 aliphatic heterocycles. The molecule has 2 rings (SSSR count). The normalized spacial score (nSPS) is 16.2. The molecule has 1 aliphatic carbocycles. The van der Waals surface area contributed by atoms with Crippen molar-refractivity contribution in [3.63, 3.8) is 0 Å². The first-order chi connectivity index (χ1) is 8.97. The van der Waals surface area contributed by atoms with Crippen molar-refractivity contribution in [2.24, 2.45) is 5.92 Å². The van der Waals surface area contributed by atoms with Crippen LogP contribution >= 0.6 is 0 Å². The lowest BCUT2D eigenvalue weighted by molar-refractivity contribution is 0.575. The van der Waals surface area contributed by atoms with Gasteiger partial charge in [0, 0.05) is 31.0 Å². The predicted octanol–water partition coefficient (Wildman–Crippen LogP) is 1.59. The highest BCUT2D eigenvalue weighted by Gasteiger charge is 2.22.